The molecule has 1 aliphatic rings. The highest BCUT2D eigenvalue weighted by Crippen LogP contribution is 2.53. The van der Waals surface area contributed by atoms with Crippen molar-refractivity contribution in [3.63, 3.8) is 0 Å². The molecule has 90 valence electrons. The summed E-state index contributed by atoms with van der Waals surface area (Å²) >= 11 is 0. The van der Waals surface area contributed by atoms with Crippen LogP contribution >= 0.6 is 0 Å². The summed E-state index contributed by atoms with van der Waals surface area (Å²) < 4.78 is 79.1. The lowest BCUT2D eigenvalue weighted by Gasteiger charge is -2.43. The van der Waals surface area contributed by atoms with Crippen molar-refractivity contribution in [1.29, 1.82) is 0 Å². The Hall–Kier alpha value is -0.540. The van der Waals surface area contributed by atoms with E-state index in [2.05, 4.69) is 4.74 Å². The van der Waals surface area contributed by atoms with Crippen molar-refractivity contribution >= 4 is 0 Å². The summed E-state index contributed by atoms with van der Waals surface area (Å²) in [6, 6.07) is 0. The molecule has 1 aliphatic heterocycles. The van der Waals surface area contributed by atoms with Crippen LogP contribution in [0.15, 0.2) is 0 Å². The third-order valence-corrected chi connectivity index (χ3v) is 2.01. The smallest absolute Gasteiger partial charge is 0.379 e. The summed E-state index contributed by atoms with van der Waals surface area (Å²) in [4.78, 5) is 0. The number of halogens is 6. The maximum atomic E-state index is 12.7. The molecule has 0 aromatic rings. The molecule has 1 saturated heterocycles. The molecule has 1 heterocycles. The molecule has 3 nitrogen and oxygen atoms in total. The first kappa shape index (κ1) is 12.5. The van der Waals surface area contributed by atoms with E-state index in [1.54, 1.807) is 0 Å². The fraction of sp³-hybridized carbons (Fsp3) is 1.00. The highest BCUT2D eigenvalue weighted by atomic mass is 19.3. The molecule has 1 rings (SSSR count). The molecule has 15 heavy (non-hydrogen) atoms. The SMILES string of the molecule is OCC1OC(O)C(F)(F)C(F)(F)C1(F)F. The standard InChI is InChI=1S/C6H6F6O3/c7-4(8)2(1-13)15-3(14)5(9,10)6(4,11)12/h2-3,13-14H,1H2. The Morgan fingerprint density at radius 3 is 1.87 bits per heavy atom. The third-order valence-electron chi connectivity index (χ3n) is 2.01. The number of hydrogen-bond donors (Lipinski definition) is 2. The average Bonchev–Trinajstić information content (AvgIpc) is 2.10. The molecule has 0 spiro atoms. The molecule has 2 N–H and O–H groups in total. The molecule has 2 unspecified atom stereocenters. The van der Waals surface area contributed by atoms with Crippen molar-refractivity contribution in [1.82, 2.24) is 0 Å². The first-order valence-electron chi connectivity index (χ1n) is 3.67. The maximum absolute atomic E-state index is 12.7. The van der Waals surface area contributed by atoms with Gasteiger partial charge in [0.05, 0.1) is 6.61 Å². The minimum absolute atomic E-state index is 1.62. The van der Waals surface area contributed by atoms with Crippen LogP contribution in [0.1, 0.15) is 0 Å². The van der Waals surface area contributed by atoms with E-state index in [1.807, 2.05) is 0 Å². The first-order chi connectivity index (χ1) is 6.59. The fourth-order valence-electron chi connectivity index (χ4n) is 1.06. The molecule has 0 bridgehead atoms. The van der Waals surface area contributed by atoms with E-state index < -0.39 is 36.8 Å². The predicted octanol–water partition coefficient (Wildman–Crippen LogP) is 0.602. The van der Waals surface area contributed by atoms with E-state index in [9.17, 15) is 26.3 Å². The zero-order valence-electron chi connectivity index (χ0n) is 6.93. The van der Waals surface area contributed by atoms with Gasteiger partial charge in [-0.1, -0.05) is 0 Å². The van der Waals surface area contributed by atoms with Crippen LogP contribution in [-0.2, 0) is 4.74 Å². The molecule has 0 aliphatic carbocycles. The van der Waals surface area contributed by atoms with Crippen molar-refractivity contribution in [2.75, 3.05) is 6.61 Å². The van der Waals surface area contributed by atoms with E-state index in [-0.39, 0.29) is 0 Å². The van der Waals surface area contributed by atoms with Gasteiger partial charge in [0, 0.05) is 0 Å². The van der Waals surface area contributed by atoms with E-state index in [4.69, 9.17) is 10.2 Å². The number of alkyl halides is 6. The van der Waals surface area contributed by atoms with Gasteiger partial charge in [-0.25, -0.2) is 0 Å². The molecule has 0 saturated carbocycles. The summed E-state index contributed by atoms with van der Waals surface area (Å²) in [5.74, 6) is -16.5. The summed E-state index contributed by atoms with van der Waals surface area (Å²) in [6.07, 6.45) is -6.26. The summed E-state index contributed by atoms with van der Waals surface area (Å²) in [6.45, 7) is -1.62. The van der Waals surface area contributed by atoms with Crippen molar-refractivity contribution in [2.24, 2.45) is 0 Å². The Bertz CT molecular complexity index is 255. The molecule has 1 fully saturated rings. The lowest BCUT2D eigenvalue weighted by molar-refractivity contribution is -0.437. The maximum Gasteiger partial charge on any atom is 0.379 e. The molecule has 0 amide bonds. The second kappa shape index (κ2) is 3.22. The van der Waals surface area contributed by atoms with E-state index in [0.29, 0.717) is 0 Å². The van der Waals surface area contributed by atoms with Crippen molar-refractivity contribution in [3.05, 3.63) is 0 Å². The summed E-state index contributed by atoms with van der Waals surface area (Å²) in [7, 11) is 0. The Morgan fingerprint density at radius 2 is 1.47 bits per heavy atom. The predicted molar refractivity (Wildman–Crippen MR) is 32.8 cm³/mol. The van der Waals surface area contributed by atoms with Crippen LogP contribution in [0.2, 0.25) is 0 Å². The van der Waals surface area contributed by atoms with Gasteiger partial charge in [0.1, 0.15) is 0 Å². The number of aliphatic hydroxyl groups excluding tert-OH is 2. The summed E-state index contributed by atoms with van der Waals surface area (Å²) in [5, 5.41) is 16.7. The molecular weight excluding hydrogens is 234 g/mol. The van der Waals surface area contributed by atoms with Gasteiger partial charge in [-0.05, 0) is 0 Å². The fourth-order valence-corrected chi connectivity index (χ4v) is 1.06. The van der Waals surface area contributed by atoms with Crippen LogP contribution in [0, 0.1) is 0 Å². The molecule has 0 radical (unpaired) electrons. The highest BCUT2D eigenvalue weighted by Gasteiger charge is 2.80. The van der Waals surface area contributed by atoms with E-state index in [0.717, 1.165) is 0 Å². The Morgan fingerprint density at radius 1 is 1.00 bits per heavy atom. The number of aliphatic hydroxyl groups is 2. The van der Waals surface area contributed by atoms with Gasteiger partial charge in [-0.15, -0.1) is 0 Å². The quantitative estimate of drug-likeness (QED) is 0.660. The van der Waals surface area contributed by atoms with Gasteiger partial charge in [0.2, 0.25) is 6.29 Å². The van der Waals surface area contributed by atoms with Gasteiger partial charge in [-0.2, -0.15) is 26.3 Å². The minimum atomic E-state index is -5.79. The van der Waals surface area contributed by atoms with E-state index >= 15 is 0 Å². The average molecular weight is 240 g/mol. The van der Waals surface area contributed by atoms with Crippen LogP contribution in [0.3, 0.4) is 0 Å². The molecule has 9 heteroatoms. The first-order valence-corrected chi connectivity index (χ1v) is 3.67. The zero-order valence-corrected chi connectivity index (χ0v) is 6.93. The van der Waals surface area contributed by atoms with Gasteiger partial charge >= 0.3 is 17.8 Å². The molecular formula is C6H6F6O3. The zero-order chi connectivity index (χ0) is 12.1. The monoisotopic (exact) mass is 240 g/mol. The lowest BCUT2D eigenvalue weighted by atomic mass is 9.96. The second-order valence-electron chi connectivity index (χ2n) is 2.98. The van der Waals surface area contributed by atoms with Crippen molar-refractivity contribution in [2.45, 2.75) is 30.2 Å². The second-order valence-corrected chi connectivity index (χ2v) is 2.98. The minimum Gasteiger partial charge on any atom is -0.393 e. The van der Waals surface area contributed by atoms with Crippen LogP contribution in [-0.4, -0.2) is 47.0 Å². The van der Waals surface area contributed by atoms with Crippen LogP contribution in [0.25, 0.3) is 0 Å². The largest absolute Gasteiger partial charge is 0.393 e. The topological polar surface area (TPSA) is 49.7 Å². The molecule has 0 aromatic heterocycles. The lowest BCUT2D eigenvalue weighted by Crippen LogP contribution is -2.70. The molecule has 0 aromatic carbocycles. The highest BCUT2D eigenvalue weighted by molar-refractivity contribution is 5.05. The normalized spacial score (nSPS) is 37.6. The summed E-state index contributed by atoms with van der Waals surface area (Å²) in [5.41, 5.74) is 0. The number of hydrogen-bond acceptors (Lipinski definition) is 3. The van der Waals surface area contributed by atoms with Crippen LogP contribution < -0.4 is 0 Å². The van der Waals surface area contributed by atoms with Gasteiger partial charge in [-0.3, -0.25) is 0 Å². The Balaban J connectivity index is 3.16. The van der Waals surface area contributed by atoms with Crippen molar-refractivity contribution in [3.8, 4) is 0 Å². The Kier molecular flexibility index (Phi) is 2.69. The Labute approximate surface area is 79.3 Å². The number of rotatable bonds is 1. The number of ether oxygens (including phenoxy) is 1. The van der Waals surface area contributed by atoms with E-state index in [1.165, 1.54) is 0 Å². The van der Waals surface area contributed by atoms with Gasteiger partial charge < -0.3 is 14.9 Å². The van der Waals surface area contributed by atoms with Crippen molar-refractivity contribution < 1.29 is 41.3 Å². The van der Waals surface area contributed by atoms with Gasteiger partial charge in [0.15, 0.2) is 6.10 Å². The van der Waals surface area contributed by atoms with Crippen LogP contribution in [0.4, 0.5) is 26.3 Å². The third kappa shape index (κ3) is 1.41. The molecule has 2 atom stereocenters. The van der Waals surface area contributed by atoms with Crippen LogP contribution in [0.5, 0.6) is 0 Å². The van der Waals surface area contributed by atoms with Gasteiger partial charge in [0.25, 0.3) is 0 Å².